The molecule has 0 aromatic heterocycles. The number of rotatable bonds is 6. The van der Waals surface area contributed by atoms with E-state index in [0.29, 0.717) is 6.54 Å². The molecule has 0 aliphatic carbocycles. The minimum absolute atomic E-state index is 0.121. The quantitative estimate of drug-likeness (QED) is 0.842. The monoisotopic (exact) mass is 281 g/mol. The lowest BCUT2D eigenvalue weighted by Gasteiger charge is -2.27. The van der Waals surface area contributed by atoms with Gasteiger partial charge in [0.15, 0.2) is 11.5 Å². The van der Waals surface area contributed by atoms with Gasteiger partial charge >= 0.3 is 0 Å². The molecule has 0 aliphatic heterocycles. The van der Waals surface area contributed by atoms with E-state index >= 15 is 0 Å². The molecule has 0 aliphatic rings. The van der Waals surface area contributed by atoms with Crippen molar-refractivity contribution in [2.45, 2.75) is 39.8 Å². The number of aliphatic hydroxyl groups is 1. The molecule has 0 saturated carbocycles. The van der Waals surface area contributed by atoms with Gasteiger partial charge < -0.3 is 19.9 Å². The first kappa shape index (κ1) is 16.8. The fourth-order valence-electron chi connectivity index (χ4n) is 1.83. The smallest absolute Gasteiger partial charge is 0.161 e. The molecule has 4 nitrogen and oxygen atoms in total. The summed E-state index contributed by atoms with van der Waals surface area (Å²) in [6.07, 6.45) is -0.384. The number of ether oxygens (including phenoxy) is 2. The Balaban J connectivity index is 2.70. The summed E-state index contributed by atoms with van der Waals surface area (Å²) < 4.78 is 10.5. The minimum atomic E-state index is -0.384. The van der Waals surface area contributed by atoms with Crippen molar-refractivity contribution in [3.05, 3.63) is 23.8 Å². The lowest BCUT2D eigenvalue weighted by atomic mass is 9.89. The highest BCUT2D eigenvalue weighted by Crippen LogP contribution is 2.30. The highest BCUT2D eigenvalue weighted by Gasteiger charge is 2.22. The van der Waals surface area contributed by atoms with Crippen LogP contribution in [0.15, 0.2) is 18.2 Å². The fourth-order valence-corrected chi connectivity index (χ4v) is 1.83. The summed E-state index contributed by atoms with van der Waals surface area (Å²) in [5.74, 6) is 1.44. The lowest BCUT2D eigenvalue weighted by Crippen LogP contribution is -2.37. The Morgan fingerprint density at radius 1 is 1.15 bits per heavy atom. The Kier molecular flexibility index (Phi) is 5.84. The average Bonchev–Trinajstić information content (AvgIpc) is 2.42. The number of aliphatic hydroxyl groups excluding tert-OH is 1. The maximum Gasteiger partial charge on any atom is 0.161 e. The van der Waals surface area contributed by atoms with Gasteiger partial charge in [-0.05, 0) is 30.0 Å². The van der Waals surface area contributed by atoms with Gasteiger partial charge in [-0.3, -0.25) is 0 Å². The zero-order valence-electron chi connectivity index (χ0n) is 13.4. The van der Waals surface area contributed by atoms with Crippen molar-refractivity contribution in [3.63, 3.8) is 0 Å². The van der Waals surface area contributed by atoms with E-state index < -0.39 is 0 Å². The summed E-state index contributed by atoms with van der Waals surface area (Å²) in [5, 5.41) is 13.4. The highest BCUT2D eigenvalue weighted by atomic mass is 16.5. The summed E-state index contributed by atoms with van der Waals surface area (Å²) >= 11 is 0. The zero-order chi connectivity index (χ0) is 15.3. The van der Waals surface area contributed by atoms with Crippen LogP contribution in [0.5, 0.6) is 11.5 Å². The van der Waals surface area contributed by atoms with E-state index in [-0.39, 0.29) is 17.6 Å². The van der Waals surface area contributed by atoms with E-state index in [4.69, 9.17) is 9.47 Å². The number of nitrogens with one attached hydrogen (secondary N) is 1. The van der Waals surface area contributed by atoms with E-state index in [0.717, 1.165) is 17.1 Å². The second kappa shape index (κ2) is 6.95. The normalized spacial score (nSPS) is 14.8. The Hall–Kier alpha value is -1.26. The molecule has 20 heavy (non-hydrogen) atoms. The first-order chi connectivity index (χ1) is 9.29. The van der Waals surface area contributed by atoms with Crippen LogP contribution in [0.2, 0.25) is 0 Å². The molecule has 0 radical (unpaired) electrons. The van der Waals surface area contributed by atoms with Gasteiger partial charge in [-0.1, -0.05) is 26.8 Å². The average molecular weight is 281 g/mol. The summed E-state index contributed by atoms with van der Waals surface area (Å²) in [4.78, 5) is 0. The van der Waals surface area contributed by atoms with Crippen LogP contribution in [0.1, 0.15) is 39.3 Å². The lowest BCUT2D eigenvalue weighted by molar-refractivity contribution is 0.0609. The predicted molar refractivity (Wildman–Crippen MR) is 81.4 cm³/mol. The molecule has 0 bridgehead atoms. The molecular formula is C16H27NO3. The fraction of sp³-hybridized carbons (Fsp3) is 0.625. The molecule has 2 atom stereocenters. The van der Waals surface area contributed by atoms with Crippen molar-refractivity contribution < 1.29 is 14.6 Å². The van der Waals surface area contributed by atoms with Crippen molar-refractivity contribution in [1.82, 2.24) is 5.32 Å². The largest absolute Gasteiger partial charge is 0.493 e. The summed E-state index contributed by atoms with van der Waals surface area (Å²) in [7, 11) is 3.25. The number of benzene rings is 1. The van der Waals surface area contributed by atoms with Crippen molar-refractivity contribution in [1.29, 1.82) is 0 Å². The SMILES string of the molecule is COc1ccc(C(C)NCC(O)C(C)(C)C)cc1OC. The predicted octanol–water partition coefficient (Wildman–Crippen LogP) is 2.76. The van der Waals surface area contributed by atoms with E-state index in [1.807, 2.05) is 39.0 Å². The van der Waals surface area contributed by atoms with E-state index in [9.17, 15) is 5.11 Å². The van der Waals surface area contributed by atoms with Crippen molar-refractivity contribution >= 4 is 0 Å². The van der Waals surface area contributed by atoms with Crippen LogP contribution in [0.4, 0.5) is 0 Å². The summed E-state index contributed by atoms with van der Waals surface area (Å²) in [6.45, 7) is 8.71. The maximum absolute atomic E-state index is 10.1. The van der Waals surface area contributed by atoms with Gasteiger partial charge in [-0.2, -0.15) is 0 Å². The van der Waals surface area contributed by atoms with E-state index in [1.54, 1.807) is 14.2 Å². The molecule has 1 aromatic carbocycles. The molecule has 0 amide bonds. The first-order valence-corrected chi connectivity index (χ1v) is 6.93. The third-order valence-corrected chi connectivity index (χ3v) is 3.52. The molecule has 0 spiro atoms. The molecule has 4 heteroatoms. The minimum Gasteiger partial charge on any atom is -0.493 e. The molecule has 0 heterocycles. The number of methoxy groups -OCH3 is 2. The Morgan fingerprint density at radius 3 is 2.25 bits per heavy atom. The molecule has 2 N–H and O–H groups in total. The molecule has 1 rings (SSSR count). The maximum atomic E-state index is 10.1. The van der Waals surface area contributed by atoms with E-state index in [1.165, 1.54) is 0 Å². The van der Waals surface area contributed by atoms with Crippen LogP contribution in [0.3, 0.4) is 0 Å². The van der Waals surface area contributed by atoms with E-state index in [2.05, 4.69) is 12.2 Å². The number of hydrogen-bond donors (Lipinski definition) is 2. The summed E-state index contributed by atoms with van der Waals surface area (Å²) in [5.41, 5.74) is 0.980. The third kappa shape index (κ3) is 4.39. The van der Waals surface area contributed by atoms with Crippen LogP contribution in [0.25, 0.3) is 0 Å². The Morgan fingerprint density at radius 2 is 1.75 bits per heavy atom. The van der Waals surface area contributed by atoms with Gasteiger partial charge in [0, 0.05) is 12.6 Å². The van der Waals surface area contributed by atoms with Crippen LogP contribution in [-0.4, -0.2) is 32.0 Å². The topological polar surface area (TPSA) is 50.7 Å². The van der Waals surface area contributed by atoms with Gasteiger partial charge in [0.05, 0.1) is 20.3 Å². The van der Waals surface area contributed by atoms with Gasteiger partial charge in [-0.15, -0.1) is 0 Å². The molecule has 0 saturated heterocycles. The number of hydrogen-bond acceptors (Lipinski definition) is 4. The molecular weight excluding hydrogens is 254 g/mol. The van der Waals surface area contributed by atoms with Crippen molar-refractivity contribution in [2.24, 2.45) is 5.41 Å². The Bertz CT molecular complexity index is 426. The molecule has 0 fully saturated rings. The summed E-state index contributed by atoms with van der Waals surface area (Å²) in [6, 6.07) is 5.99. The highest BCUT2D eigenvalue weighted by molar-refractivity contribution is 5.43. The second-order valence-electron chi connectivity index (χ2n) is 6.13. The third-order valence-electron chi connectivity index (χ3n) is 3.52. The van der Waals surface area contributed by atoms with Gasteiger partial charge in [0.1, 0.15) is 0 Å². The zero-order valence-corrected chi connectivity index (χ0v) is 13.4. The molecule has 2 unspecified atom stereocenters. The van der Waals surface area contributed by atoms with Crippen LogP contribution < -0.4 is 14.8 Å². The van der Waals surface area contributed by atoms with Crippen LogP contribution in [0, 0.1) is 5.41 Å². The van der Waals surface area contributed by atoms with Crippen LogP contribution in [-0.2, 0) is 0 Å². The van der Waals surface area contributed by atoms with Crippen LogP contribution >= 0.6 is 0 Å². The van der Waals surface area contributed by atoms with Crippen molar-refractivity contribution in [3.8, 4) is 11.5 Å². The van der Waals surface area contributed by atoms with Gasteiger partial charge in [0.2, 0.25) is 0 Å². The Labute approximate surface area is 122 Å². The first-order valence-electron chi connectivity index (χ1n) is 6.93. The van der Waals surface area contributed by atoms with Crippen molar-refractivity contribution in [2.75, 3.05) is 20.8 Å². The van der Waals surface area contributed by atoms with Gasteiger partial charge in [0.25, 0.3) is 0 Å². The second-order valence-corrected chi connectivity index (χ2v) is 6.13. The molecule has 1 aromatic rings. The standard InChI is InChI=1S/C16H27NO3/c1-11(17-10-15(18)16(2,3)4)12-7-8-13(19-5)14(9-12)20-6/h7-9,11,15,17-18H,10H2,1-6H3. The molecule has 114 valence electrons. The van der Waals surface area contributed by atoms with Gasteiger partial charge in [-0.25, -0.2) is 0 Å².